The van der Waals surface area contributed by atoms with Crippen LogP contribution in [-0.2, 0) is 15.1 Å². The van der Waals surface area contributed by atoms with Gasteiger partial charge in [0.1, 0.15) is 0 Å². The molecule has 5 nitrogen and oxygen atoms in total. The summed E-state index contributed by atoms with van der Waals surface area (Å²) in [6.45, 7) is 5.48. The maximum absolute atomic E-state index is 12.2. The third kappa shape index (κ3) is 4.29. The Bertz CT molecular complexity index is 395. The molecular formula is C14H23N3O2. The number of esters is 1. The smallest absolute Gasteiger partial charge is 0.332 e. The molecule has 0 bridgehead atoms. The number of nitrogens with zero attached hydrogens (tertiary/aromatic N) is 2. The largest absolute Gasteiger partial charge is 0.464 e. The molecule has 0 saturated heterocycles. The zero-order valence-corrected chi connectivity index (χ0v) is 12.1. The highest BCUT2D eigenvalue weighted by atomic mass is 16.5. The quantitative estimate of drug-likeness (QED) is 0.746. The molecule has 1 heterocycles. The Labute approximate surface area is 115 Å². The molecule has 106 valence electrons. The van der Waals surface area contributed by atoms with Gasteiger partial charge in [0.15, 0.2) is 5.54 Å². The second-order valence-corrected chi connectivity index (χ2v) is 4.79. The van der Waals surface area contributed by atoms with Crippen molar-refractivity contribution in [2.75, 3.05) is 33.8 Å². The fourth-order valence-corrected chi connectivity index (χ4v) is 1.73. The van der Waals surface area contributed by atoms with Crippen molar-refractivity contribution in [1.82, 2.24) is 15.2 Å². The molecule has 0 aliphatic heterocycles. The molecule has 1 N–H and O–H groups in total. The van der Waals surface area contributed by atoms with Crippen molar-refractivity contribution in [2.45, 2.75) is 19.4 Å². The van der Waals surface area contributed by atoms with Crippen LogP contribution in [0, 0.1) is 0 Å². The number of carbonyl (C=O) groups is 1. The molecular weight excluding hydrogens is 242 g/mol. The second kappa shape index (κ2) is 7.21. The van der Waals surface area contributed by atoms with Gasteiger partial charge in [-0.2, -0.15) is 0 Å². The molecule has 0 spiro atoms. The van der Waals surface area contributed by atoms with E-state index in [4.69, 9.17) is 4.74 Å². The van der Waals surface area contributed by atoms with Gasteiger partial charge in [-0.3, -0.25) is 10.3 Å². The van der Waals surface area contributed by atoms with Crippen LogP contribution in [-0.4, -0.2) is 49.6 Å². The second-order valence-electron chi connectivity index (χ2n) is 4.79. The standard InChI is InChI=1S/C14H23N3O2/c1-5-19-13(18)14(2,16-10-11-17(3)4)12-8-6-7-9-15-12/h6-9,16H,5,10-11H2,1-4H3. The number of ether oxygens (including phenoxy) is 1. The van der Waals surface area contributed by atoms with Crippen molar-refractivity contribution in [2.24, 2.45) is 0 Å². The fourth-order valence-electron chi connectivity index (χ4n) is 1.73. The van der Waals surface area contributed by atoms with E-state index in [1.54, 1.807) is 13.1 Å². The lowest BCUT2D eigenvalue weighted by atomic mass is 9.97. The van der Waals surface area contributed by atoms with Gasteiger partial charge >= 0.3 is 5.97 Å². The van der Waals surface area contributed by atoms with Crippen LogP contribution in [0.1, 0.15) is 19.5 Å². The predicted molar refractivity (Wildman–Crippen MR) is 74.8 cm³/mol. The molecule has 0 fully saturated rings. The van der Waals surface area contributed by atoms with E-state index < -0.39 is 5.54 Å². The first-order chi connectivity index (χ1) is 9.00. The molecule has 0 aromatic carbocycles. The molecule has 1 aromatic rings. The molecule has 0 aliphatic carbocycles. The van der Waals surface area contributed by atoms with Crippen LogP contribution >= 0.6 is 0 Å². The SMILES string of the molecule is CCOC(=O)C(C)(NCCN(C)C)c1ccccn1. The minimum atomic E-state index is -0.909. The van der Waals surface area contributed by atoms with Gasteiger partial charge in [-0.1, -0.05) is 6.07 Å². The van der Waals surface area contributed by atoms with E-state index >= 15 is 0 Å². The Morgan fingerprint density at radius 3 is 2.74 bits per heavy atom. The lowest BCUT2D eigenvalue weighted by molar-refractivity contribution is -0.151. The van der Waals surface area contributed by atoms with E-state index in [0.29, 0.717) is 18.8 Å². The van der Waals surface area contributed by atoms with Crippen molar-refractivity contribution >= 4 is 5.97 Å². The van der Waals surface area contributed by atoms with Gasteiger partial charge in [-0.05, 0) is 40.1 Å². The minimum Gasteiger partial charge on any atom is -0.464 e. The molecule has 0 aliphatic rings. The first-order valence-corrected chi connectivity index (χ1v) is 6.49. The van der Waals surface area contributed by atoms with Crippen LogP contribution in [0.2, 0.25) is 0 Å². The molecule has 1 rings (SSSR count). The summed E-state index contributed by atoms with van der Waals surface area (Å²) in [6.07, 6.45) is 1.68. The number of nitrogens with one attached hydrogen (secondary N) is 1. The highest BCUT2D eigenvalue weighted by Crippen LogP contribution is 2.20. The van der Waals surface area contributed by atoms with Gasteiger partial charge in [-0.25, -0.2) is 4.79 Å². The highest BCUT2D eigenvalue weighted by molar-refractivity contribution is 5.81. The maximum atomic E-state index is 12.2. The Balaban J connectivity index is 2.87. The van der Waals surface area contributed by atoms with E-state index in [2.05, 4.69) is 15.2 Å². The van der Waals surface area contributed by atoms with E-state index in [1.807, 2.05) is 39.2 Å². The Kier molecular flexibility index (Phi) is 5.92. The number of hydrogen-bond acceptors (Lipinski definition) is 5. The molecule has 1 unspecified atom stereocenters. The predicted octanol–water partition coefficient (Wildman–Crippen LogP) is 1.01. The number of rotatable bonds is 7. The number of carbonyl (C=O) groups excluding carboxylic acids is 1. The highest BCUT2D eigenvalue weighted by Gasteiger charge is 2.37. The fraction of sp³-hybridized carbons (Fsp3) is 0.571. The van der Waals surface area contributed by atoms with Gasteiger partial charge in [0.05, 0.1) is 12.3 Å². The lowest BCUT2D eigenvalue weighted by Gasteiger charge is -2.28. The van der Waals surface area contributed by atoms with E-state index in [-0.39, 0.29) is 5.97 Å². The van der Waals surface area contributed by atoms with Crippen LogP contribution in [0.25, 0.3) is 0 Å². The molecule has 0 radical (unpaired) electrons. The number of likely N-dealkylation sites (N-methyl/N-ethyl adjacent to an activating group) is 1. The first-order valence-electron chi connectivity index (χ1n) is 6.49. The van der Waals surface area contributed by atoms with Gasteiger partial charge < -0.3 is 9.64 Å². The Morgan fingerprint density at radius 2 is 2.21 bits per heavy atom. The lowest BCUT2D eigenvalue weighted by Crippen LogP contribution is -2.50. The molecule has 0 saturated carbocycles. The van der Waals surface area contributed by atoms with Crippen LogP contribution in [0.3, 0.4) is 0 Å². The summed E-state index contributed by atoms with van der Waals surface area (Å²) in [6, 6.07) is 5.53. The minimum absolute atomic E-state index is 0.299. The van der Waals surface area contributed by atoms with Gasteiger partial charge in [0.25, 0.3) is 0 Å². The Morgan fingerprint density at radius 1 is 1.47 bits per heavy atom. The number of pyridine rings is 1. The number of hydrogen-bond donors (Lipinski definition) is 1. The van der Waals surface area contributed by atoms with Crippen molar-refractivity contribution in [1.29, 1.82) is 0 Å². The molecule has 1 aromatic heterocycles. The summed E-state index contributed by atoms with van der Waals surface area (Å²) < 4.78 is 5.16. The summed E-state index contributed by atoms with van der Waals surface area (Å²) in [4.78, 5) is 18.5. The third-order valence-corrected chi connectivity index (χ3v) is 2.90. The van der Waals surface area contributed by atoms with Gasteiger partial charge in [0.2, 0.25) is 0 Å². The zero-order valence-electron chi connectivity index (χ0n) is 12.1. The average Bonchev–Trinajstić information content (AvgIpc) is 2.39. The molecule has 1 atom stereocenters. The molecule has 5 heteroatoms. The normalized spacial score (nSPS) is 14.2. The summed E-state index contributed by atoms with van der Waals surface area (Å²) >= 11 is 0. The molecule has 0 amide bonds. The van der Waals surface area contributed by atoms with Crippen LogP contribution in [0.15, 0.2) is 24.4 Å². The van der Waals surface area contributed by atoms with Crippen molar-refractivity contribution in [3.8, 4) is 0 Å². The summed E-state index contributed by atoms with van der Waals surface area (Å²) in [5, 5.41) is 3.25. The molecule has 19 heavy (non-hydrogen) atoms. The third-order valence-electron chi connectivity index (χ3n) is 2.90. The average molecular weight is 265 g/mol. The van der Waals surface area contributed by atoms with E-state index in [1.165, 1.54) is 0 Å². The van der Waals surface area contributed by atoms with Crippen LogP contribution in [0.4, 0.5) is 0 Å². The van der Waals surface area contributed by atoms with Crippen molar-refractivity contribution in [3.63, 3.8) is 0 Å². The zero-order chi connectivity index (χ0) is 14.3. The first kappa shape index (κ1) is 15.6. The Hall–Kier alpha value is -1.46. The topological polar surface area (TPSA) is 54.5 Å². The van der Waals surface area contributed by atoms with Crippen LogP contribution < -0.4 is 5.32 Å². The van der Waals surface area contributed by atoms with Crippen molar-refractivity contribution < 1.29 is 9.53 Å². The summed E-state index contributed by atoms with van der Waals surface area (Å²) in [7, 11) is 3.98. The van der Waals surface area contributed by atoms with E-state index in [0.717, 1.165) is 6.54 Å². The summed E-state index contributed by atoms with van der Waals surface area (Å²) in [5.74, 6) is -0.299. The van der Waals surface area contributed by atoms with Gasteiger partial charge in [0, 0.05) is 19.3 Å². The van der Waals surface area contributed by atoms with E-state index in [9.17, 15) is 4.79 Å². The summed E-state index contributed by atoms with van der Waals surface area (Å²) in [5.41, 5.74) is -0.236. The van der Waals surface area contributed by atoms with Crippen molar-refractivity contribution in [3.05, 3.63) is 30.1 Å². The van der Waals surface area contributed by atoms with Crippen LogP contribution in [0.5, 0.6) is 0 Å². The number of aromatic nitrogens is 1. The monoisotopic (exact) mass is 265 g/mol. The van der Waals surface area contributed by atoms with Gasteiger partial charge in [-0.15, -0.1) is 0 Å². The maximum Gasteiger partial charge on any atom is 0.332 e.